The van der Waals surface area contributed by atoms with Crippen molar-refractivity contribution in [3.63, 3.8) is 0 Å². The molecular weight excluding hydrogens is 259 g/mol. The molecule has 18 heavy (non-hydrogen) atoms. The van der Waals surface area contributed by atoms with Crippen LogP contribution in [-0.4, -0.2) is 23.3 Å². The Balaban J connectivity index is 2.41. The molecule has 7 heteroatoms. The summed E-state index contributed by atoms with van der Waals surface area (Å²) < 4.78 is 67.4. The molecule has 0 fully saturated rings. The van der Waals surface area contributed by atoms with Crippen molar-refractivity contribution in [1.29, 1.82) is 0 Å². The number of rotatable bonds is 1. The predicted octanol–water partition coefficient (Wildman–Crippen LogP) is 3.54. The Morgan fingerprint density at radius 3 is 2.28 bits per heavy atom. The van der Waals surface area contributed by atoms with Crippen molar-refractivity contribution in [3.05, 3.63) is 35.6 Å². The maximum atomic E-state index is 13.1. The van der Waals surface area contributed by atoms with Crippen molar-refractivity contribution in [2.24, 2.45) is 0 Å². The third-order valence-electron chi connectivity index (χ3n) is 2.44. The number of para-hydroxylation sites is 1. The fourth-order valence-corrected chi connectivity index (χ4v) is 1.54. The molecule has 98 valence electrons. The van der Waals surface area contributed by atoms with Gasteiger partial charge in [-0.15, -0.1) is 0 Å². The average Bonchev–Trinajstić information content (AvgIpc) is 2.26. The molecule has 1 unspecified atom stereocenters. The summed E-state index contributed by atoms with van der Waals surface area (Å²) in [4.78, 5) is 0. The second-order valence-electron chi connectivity index (χ2n) is 3.73. The Kier molecular flexibility index (Phi) is 2.71. The topological polar surface area (TPSA) is 29.5 Å². The van der Waals surface area contributed by atoms with Gasteiger partial charge in [-0.3, -0.25) is 0 Å². The standard InChI is InChI=1S/C11H7F5O2/c12-10(13,11(14,15)16)9-7(17)5-6-3-1-2-4-8(6)18-9/h1-5,9,17H. The number of alkyl halides is 5. The van der Waals surface area contributed by atoms with Gasteiger partial charge < -0.3 is 9.84 Å². The third-order valence-corrected chi connectivity index (χ3v) is 2.44. The van der Waals surface area contributed by atoms with Gasteiger partial charge in [0.2, 0.25) is 6.10 Å². The van der Waals surface area contributed by atoms with E-state index in [1.807, 2.05) is 0 Å². The van der Waals surface area contributed by atoms with Crippen LogP contribution in [-0.2, 0) is 0 Å². The fourth-order valence-electron chi connectivity index (χ4n) is 1.54. The Morgan fingerprint density at radius 2 is 1.67 bits per heavy atom. The van der Waals surface area contributed by atoms with Crippen LogP contribution in [0.1, 0.15) is 5.56 Å². The number of hydrogen-bond acceptors (Lipinski definition) is 2. The van der Waals surface area contributed by atoms with E-state index in [9.17, 15) is 27.1 Å². The quantitative estimate of drug-likeness (QED) is 0.788. The van der Waals surface area contributed by atoms with Gasteiger partial charge in [0.05, 0.1) is 0 Å². The van der Waals surface area contributed by atoms with Crippen LogP contribution in [0.15, 0.2) is 30.0 Å². The van der Waals surface area contributed by atoms with Gasteiger partial charge in [0.25, 0.3) is 0 Å². The second-order valence-corrected chi connectivity index (χ2v) is 3.73. The molecule has 1 aliphatic heterocycles. The molecule has 1 heterocycles. The summed E-state index contributed by atoms with van der Waals surface area (Å²) in [5.74, 6) is -6.46. The van der Waals surface area contributed by atoms with Crippen LogP contribution in [0.25, 0.3) is 6.08 Å². The first-order chi connectivity index (χ1) is 8.23. The van der Waals surface area contributed by atoms with Crippen molar-refractivity contribution >= 4 is 6.08 Å². The van der Waals surface area contributed by atoms with E-state index in [0.29, 0.717) is 0 Å². The number of aliphatic hydroxyl groups is 1. The number of halogens is 5. The van der Waals surface area contributed by atoms with Gasteiger partial charge >= 0.3 is 12.1 Å². The zero-order valence-electron chi connectivity index (χ0n) is 8.71. The van der Waals surface area contributed by atoms with E-state index in [4.69, 9.17) is 0 Å². The van der Waals surface area contributed by atoms with Crippen LogP contribution in [0.3, 0.4) is 0 Å². The summed E-state index contributed by atoms with van der Waals surface area (Å²) in [6, 6.07) is 5.64. The van der Waals surface area contributed by atoms with E-state index < -0.39 is 24.0 Å². The van der Waals surface area contributed by atoms with E-state index in [1.165, 1.54) is 24.3 Å². The average molecular weight is 266 g/mol. The molecule has 0 radical (unpaired) electrons. The summed E-state index contributed by atoms with van der Waals surface area (Å²) in [7, 11) is 0. The van der Waals surface area contributed by atoms with Gasteiger partial charge in [0, 0.05) is 5.56 Å². The van der Waals surface area contributed by atoms with Crippen molar-refractivity contribution in [1.82, 2.24) is 0 Å². The number of aliphatic hydroxyl groups excluding tert-OH is 1. The lowest BCUT2D eigenvalue weighted by molar-refractivity contribution is -0.306. The van der Waals surface area contributed by atoms with E-state index in [0.717, 1.165) is 6.08 Å². The summed E-state index contributed by atoms with van der Waals surface area (Å²) in [6.07, 6.45) is -7.72. The first-order valence-corrected chi connectivity index (χ1v) is 4.84. The highest BCUT2D eigenvalue weighted by Gasteiger charge is 2.65. The Hall–Kier alpha value is -1.79. The maximum Gasteiger partial charge on any atom is 0.457 e. The smallest absolute Gasteiger partial charge is 0.457 e. The molecule has 0 bridgehead atoms. The highest BCUT2D eigenvalue weighted by atomic mass is 19.4. The molecule has 2 nitrogen and oxygen atoms in total. The predicted molar refractivity (Wildman–Crippen MR) is 52.5 cm³/mol. The summed E-state index contributed by atoms with van der Waals surface area (Å²) in [6.45, 7) is 0. The minimum Gasteiger partial charge on any atom is -0.508 e. The molecule has 0 aliphatic carbocycles. The van der Waals surface area contributed by atoms with Gasteiger partial charge in [0.1, 0.15) is 11.5 Å². The Labute approximate surface area is 98.3 Å². The van der Waals surface area contributed by atoms with Crippen molar-refractivity contribution in [3.8, 4) is 5.75 Å². The Bertz CT molecular complexity index is 492. The van der Waals surface area contributed by atoms with E-state index in [1.54, 1.807) is 0 Å². The van der Waals surface area contributed by atoms with E-state index in [2.05, 4.69) is 4.74 Å². The lowest BCUT2D eigenvalue weighted by atomic mass is 10.0. The van der Waals surface area contributed by atoms with Crippen molar-refractivity contribution in [2.45, 2.75) is 18.2 Å². The van der Waals surface area contributed by atoms with Gasteiger partial charge in [0.15, 0.2) is 0 Å². The first kappa shape index (κ1) is 12.7. The largest absolute Gasteiger partial charge is 0.508 e. The van der Waals surface area contributed by atoms with Crippen LogP contribution in [0.5, 0.6) is 5.75 Å². The second kappa shape index (κ2) is 3.86. The van der Waals surface area contributed by atoms with Crippen LogP contribution < -0.4 is 4.74 Å². The SMILES string of the molecule is OC1=Cc2ccccc2OC1C(F)(F)C(F)(F)F. The van der Waals surface area contributed by atoms with Gasteiger partial charge in [-0.2, -0.15) is 22.0 Å². The molecular formula is C11H7F5O2. The van der Waals surface area contributed by atoms with Crippen LogP contribution >= 0.6 is 0 Å². The number of fused-ring (bicyclic) bond motifs is 1. The highest BCUT2D eigenvalue weighted by Crippen LogP contribution is 2.44. The fraction of sp³-hybridized carbons (Fsp3) is 0.273. The maximum absolute atomic E-state index is 13.1. The minimum atomic E-state index is -5.80. The molecule has 1 N–H and O–H groups in total. The zero-order chi connectivity index (χ0) is 13.6. The first-order valence-electron chi connectivity index (χ1n) is 4.84. The van der Waals surface area contributed by atoms with Crippen molar-refractivity contribution < 1.29 is 31.8 Å². The van der Waals surface area contributed by atoms with Crippen LogP contribution in [0.4, 0.5) is 22.0 Å². The molecule has 1 aromatic carbocycles. The molecule has 0 amide bonds. The number of benzene rings is 1. The number of ether oxygens (including phenoxy) is 1. The van der Waals surface area contributed by atoms with Crippen LogP contribution in [0, 0.1) is 0 Å². The molecule has 1 aromatic rings. The lowest BCUT2D eigenvalue weighted by Crippen LogP contribution is -2.51. The molecule has 1 atom stereocenters. The van der Waals surface area contributed by atoms with Crippen molar-refractivity contribution in [2.75, 3.05) is 0 Å². The summed E-state index contributed by atoms with van der Waals surface area (Å²) >= 11 is 0. The molecule has 0 saturated carbocycles. The van der Waals surface area contributed by atoms with Gasteiger partial charge in [-0.05, 0) is 12.1 Å². The van der Waals surface area contributed by atoms with Crippen LogP contribution in [0.2, 0.25) is 0 Å². The monoisotopic (exact) mass is 266 g/mol. The van der Waals surface area contributed by atoms with E-state index >= 15 is 0 Å². The summed E-state index contributed by atoms with van der Waals surface area (Å²) in [5, 5.41) is 9.27. The summed E-state index contributed by atoms with van der Waals surface area (Å²) in [5.41, 5.74) is 0.240. The lowest BCUT2D eigenvalue weighted by Gasteiger charge is -2.31. The third kappa shape index (κ3) is 1.89. The highest BCUT2D eigenvalue weighted by molar-refractivity contribution is 5.61. The Morgan fingerprint density at radius 1 is 1.06 bits per heavy atom. The zero-order valence-corrected chi connectivity index (χ0v) is 8.71. The molecule has 0 saturated heterocycles. The van der Waals surface area contributed by atoms with Gasteiger partial charge in [-0.25, -0.2) is 0 Å². The number of hydrogen-bond donors (Lipinski definition) is 1. The molecule has 1 aliphatic rings. The molecule has 0 spiro atoms. The minimum absolute atomic E-state index is 0.135. The molecule has 0 aromatic heterocycles. The normalized spacial score (nSPS) is 19.8. The molecule has 2 rings (SSSR count). The van der Waals surface area contributed by atoms with Gasteiger partial charge in [-0.1, -0.05) is 18.2 Å². The van der Waals surface area contributed by atoms with E-state index in [-0.39, 0.29) is 11.3 Å².